The predicted octanol–water partition coefficient (Wildman–Crippen LogP) is 4.40. The van der Waals surface area contributed by atoms with Gasteiger partial charge in [0.05, 0.1) is 16.8 Å². The summed E-state index contributed by atoms with van der Waals surface area (Å²) in [4.78, 5) is 32.4. The molecule has 1 amide bonds. The molecule has 0 aliphatic heterocycles. The van der Waals surface area contributed by atoms with Gasteiger partial charge < -0.3 is 5.32 Å². The van der Waals surface area contributed by atoms with E-state index in [0.717, 1.165) is 12.1 Å². The molecule has 1 N–H and O–H groups in total. The molecule has 2 heterocycles. The van der Waals surface area contributed by atoms with Crippen molar-refractivity contribution in [1.29, 1.82) is 0 Å². The van der Waals surface area contributed by atoms with Gasteiger partial charge in [0.25, 0.3) is 5.91 Å². The van der Waals surface area contributed by atoms with Crippen LogP contribution in [-0.4, -0.2) is 28.7 Å². The average Bonchev–Trinajstić information content (AvgIpc) is 2.77. The monoisotopic (exact) mass is 431 g/mol. The lowest BCUT2D eigenvalue weighted by atomic mass is 9.88. The highest BCUT2D eigenvalue weighted by Gasteiger charge is 2.31. The van der Waals surface area contributed by atoms with E-state index < -0.39 is 29.3 Å². The number of amides is 1. The fraction of sp³-hybridized carbons (Fsp3) is 0.182. The number of alkyl halides is 3. The highest BCUT2D eigenvalue weighted by Crippen LogP contribution is 2.33. The first-order valence-electron chi connectivity index (χ1n) is 9.19. The zero-order chi connectivity index (χ0) is 22.6. The normalized spacial score (nSPS) is 12.3. The van der Waals surface area contributed by atoms with E-state index in [1.54, 1.807) is 0 Å². The number of nitrogens with one attached hydrogen (secondary N) is 1. The van der Waals surface area contributed by atoms with Crippen LogP contribution in [-0.2, 0) is 6.18 Å². The van der Waals surface area contributed by atoms with Crippen molar-refractivity contribution in [2.75, 3.05) is 7.05 Å². The molecule has 1 aromatic carbocycles. The third-order valence-electron chi connectivity index (χ3n) is 4.69. The summed E-state index contributed by atoms with van der Waals surface area (Å²) in [6, 6.07) is 9.50. The molecule has 0 bridgehead atoms. The molecule has 3 aromatic rings. The van der Waals surface area contributed by atoms with Crippen LogP contribution >= 0.6 is 0 Å². The van der Waals surface area contributed by atoms with Crippen molar-refractivity contribution in [1.82, 2.24) is 15.3 Å². The number of nitrogens with zero attached hydrogens (tertiary/aromatic N) is 2. The minimum absolute atomic E-state index is 0.0425. The minimum atomic E-state index is -4.52. The fourth-order valence-electron chi connectivity index (χ4n) is 3.06. The molecule has 160 valence electrons. The first kappa shape index (κ1) is 22.1. The van der Waals surface area contributed by atoms with Gasteiger partial charge in [0.2, 0.25) is 0 Å². The molecule has 5 nitrogen and oxygen atoms in total. The maximum Gasteiger partial charge on any atom is 0.416 e. The van der Waals surface area contributed by atoms with Crippen LogP contribution in [0.5, 0.6) is 0 Å². The SMILES string of the molecule is CNC(=O)c1ccc(C(=O)C[C@@H](c2ccc(C(F)(F)F)cc2)c2ncccc2F)nc1. The number of hydrogen-bond acceptors (Lipinski definition) is 4. The van der Waals surface area contributed by atoms with Crippen molar-refractivity contribution >= 4 is 11.7 Å². The summed E-state index contributed by atoms with van der Waals surface area (Å²) in [6.07, 6.45) is -2.21. The topological polar surface area (TPSA) is 72.0 Å². The number of carbonyl (C=O) groups excluding carboxylic acids is 2. The summed E-state index contributed by atoms with van der Waals surface area (Å²) in [6.45, 7) is 0. The Morgan fingerprint density at radius 2 is 1.74 bits per heavy atom. The first-order valence-corrected chi connectivity index (χ1v) is 9.19. The van der Waals surface area contributed by atoms with Crippen LogP contribution in [0.4, 0.5) is 17.6 Å². The van der Waals surface area contributed by atoms with Crippen molar-refractivity contribution in [2.24, 2.45) is 0 Å². The van der Waals surface area contributed by atoms with Crippen LogP contribution in [0.1, 0.15) is 50.0 Å². The molecular weight excluding hydrogens is 414 g/mol. The highest BCUT2D eigenvalue weighted by atomic mass is 19.4. The molecule has 1 atom stereocenters. The summed E-state index contributed by atoms with van der Waals surface area (Å²) in [5.41, 5.74) is -0.303. The summed E-state index contributed by atoms with van der Waals surface area (Å²) < 4.78 is 53.1. The van der Waals surface area contributed by atoms with Gasteiger partial charge in [-0.25, -0.2) is 4.39 Å². The average molecular weight is 431 g/mol. The van der Waals surface area contributed by atoms with E-state index in [0.29, 0.717) is 5.56 Å². The van der Waals surface area contributed by atoms with Gasteiger partial charge >= 0.3 is 6.18 Å². The van der Waals surface area contributed by atoms with Crippen LogP contribution < -0.4 is 5.32 Å². The molecule has 31 heavy (non-hydrogen) atoms. The lowest BCUT2D eigenvalue weighted by Crippen LogP contribution is -2.18. The van der Waals surface area contributed by atoms with E-state index in [4.69, 9.17) is 0 Å². The number of rotatable bonds is 6. The van der Waals surface area contributed by atoms with Crippen molar-refractivity contribution in [3.63, 3.8) is 0 Å². The summed E-state index contributed by atoms with van der Waals surface area (Å²) in [5.74, 6) is -2.44. The molecule has 0 aliphatic rings. The smallest absolute Gasteiger partial charge is 0.355 e. The number of hydrogen-bond donors (Lipinski definition) is 1. The highest BCUT2D eigenvalue weighted by molar-refractivity contribution is 5.97. The molecule has 2 aromatic heterocycles. The number of pyridine rings is 2. The quantitative estimate of drug-likeness (QED) is 0.464. The maximum atomic E-state index is 14.4. The lowest BCUT2D eigenvalue weighted by Gasteiger charge is -2.18. The third-order valence-corrected chi connectivity index (χ3v) is 4.69. The second kappa shape index (κ2) is 9.03. The van der Waals surface area contributed by atoms with Gasteiger partial charge in [-0.2, -0.15) is 13.2 Å². The molecule has 0 saturated heterocycles. The van der Waals surface area contributed by atoms with Crippen molar-refractivity contribution < 1.29 is 27.2 Å². The zero-order valence-corrected chi connectivity index (χ0v) is 16.3. The standard InChI is InChI=1S/C22H17F4N3O2/c1-27-21(31)14-6-9-18(29-12-14)19(30)11-16(20-17(23)3-2-10-28-20)13-4-7-15(8-5-13)22(24,25)26/h2-10,12,16H,11H2,1H3,(H,27,31)/t16-/m0/s1. The van der Waals surface area contributed by atoms with Crippen LogP contribution in [0.2, 0.25) is 0 Å². The Labute approximate surface area is 175 Å². The summed E-state index contributed by atoms with van der Waals surface area (Å²) in [7, 11) is 1.46. The van der Waals surface area contributed by atoms with Gasteiger partial charge in [0.15, 0.2) is 5.78 Å². The maximum absolute atomic E-state index is 14.4. The van der Waals surface area contributed by atoms with E-state index in [2.05, 4.69) is 15.3 Å². The molecular formula is C22H17F4N3O2. The third kappa shape index (κ3) is 5.11. The molecule has 3 rings (SSSR count). The van der Waals surface area contributed by atoms with Gasteiger partial charge in [-0.3, -0.25) is 19.6 Å². The Balaban J connectivity index is 1.93. The van der Waals surface area contributed by atoms with E-state index in [1.165, 1.54) is 55.8 Å². The molecule has 0 aliphatic carbocycles. The van der Waals surface area contributed by atoms with Gasteiger partial charge in [-0.15, -0.1) is 0 Å². The Hall–Kier alpha value is -3.62. The van der Waals surface area contributed by atoms with Crippen LogP contribution in [0.3, 0.4) is 0 Å². The second-order valence-electron chi connectivity index (χ2n) is 6.68. The molecule has 0 saturated carbocycles. The Morgan fingerprint density at radius 1 is 1.03 bits per heavy atom. The zero-order valence-electron chi connectivity index (χ0n) is 16.3. The summed E-state index contributed by atoms with van der Waals surface area (Å²) in [5, 5.41) is 2.43. The van der Waals surface area contributed by atoms with Gasteiger partial charge in [0.1, 0.15) is 11.5 Å². The molecule has 9 heteroatoms. The largest absolute Gasteiger partial charge is 0.416 e. The van der Waals surface area contributed by atoms with Crippen LogP contribution in [0.25, 0.3) is 0 Å². The summed E-state index contributed by atoms with van der Waals surface area (Å²) >= 11 is 0. The number of aromatic nitrogens is 2. The number of benzene rings is 1. The Bertz CT molecular complexity index is 1080. The van der Waals surface area contributed by atoms with E-state index >= 15 is 0 Å². The minimum Gasteiger partial charge on any atom is -0.355 e. The van der Waals surface area contributed by atoms with Crippen LogP contribution in [0, 0.1) is 5.82 Å². The van der Waals surface area contributed by atoms with Gasteiger partial charge in [0, 0.05) is 31.8 Å². The number of Topliss-reactive ketones (excluding diaryl/α,β-unsaturated/α-hetero) is 1. The van der Waals surface area contributed by atoms with E-state index in [1.807, 2.05) is 0 Å². The molecule has 0 spiro atoms. The number of carbonyl (C=O) groups is 2. The number of halogens is 4. The van der Waals surface area contributed by atoms with Crippen molar-refractivity contribution in [3.8, 4) is 0 Å². The Kier molecular flexibility index (Phi) is 6.43. The lowest BCUT2D eigenvalue weighted by molar-refractivity contribution is -0.137. The van der Waals surface area contributed by atoms with Crippen molar-refractivity contribution in [2.45, 2.75) is 18.5 Å². The number of ketones is 1. The first-order chi connectivity index (χ1) is 14.7. The van der Waals surface area contributed by atoms with Crippen molar-refractivity contribution in [3.05, 3.63) is 94.8 Å². The van der Waals surface area contributed by atoms with Gasteiger partial charge in [-0.1, -0.05) is 12.1 Å². The van der Waals surface area contributed by atoms with Gasteiger partial charge in [-0.05, 0) is 42.0 Å². The van der Waals surface area contributed by atoms with E-state index in [-0.39, 0.29) is 29.3 Å². The fourth-order valence-corrected chi connectivity index (χ4v) is 3.06. The second-order valence-corrected chi connectivity index (χ2v) is 6.68. The van der Waals surface area contributed by atoms with E-state index in [9.17, 15) is 27.2 Å². The predicted molar refractivity (Wildman–Crippen MR) is 104 cm³/mol. The molecule has 0 fully saturated rings. The van der Waals surface area contributed by atoms with Crippen LogP contribution in [0.15, 0.2) is 60.9 Å². The molecule has 0 unspecified atom stereocenters. The Morgan fingerprint density at radius 3 is 2.29 bits per heavy atom. The molecule has 0 radical (unpaired) electrons.